The number of rotatable bonds is 6. The Bertz CT molecular complexity index is 807. The van der Waals surface area contributed by atoms with Crippen molar-refractivity contribution in [1.29, 1.82) is 0 Å². The fourth-order valence-corrected chi connectivity index (χ4v) is 2.28. The molecule has 0 saturated heterocycles. The average molecular weight is 381 g/mol. The van der Waals surface area contributed by atoms with Crippen LogP contribution in [0.4, 0.5) is 13.2 Å². The largest absolute Gasteiger partial charge is 0.467 e. The zero-order valence-corrected chi connectivity index (χ0v) is 14.7. The molecule has 1 aromatic carbocycles. The van der Waals surface area contributed by atoms with Crippen LogP contribution in [0.2, 0.25) is 0 Å². The first-order valence-corrected chi connectivity index (χ1v) is 7.92. The fourth-order valence-electron chi connectivity index (χ4n) is 2.28. The van der Waals surface area contributed by atoms with Crippen molar-refractivity contribution in [2.75, 3.05) is 20.7 Å². The van der Waals surface area contributed by atoms with Gasteiger partial charge in [0.05, 0.1) is 0 Å². The van der Waals surface area contributed by atoms with Crippen molar-refractivity contribution in [1.82, 2.24) is 15.2 Å². The molecule has 6 nitrogen and oxygen atoms in total. The Hall–Kier alpha value is -3.10. The van der Waals surface area contributed by atoms with Crippen molar-refractivity contribution in [2.45, 2.75) is 12.7 Å². The summed E-state index contributed by atoms with van der Waals surface area (Å²) in [5.41, 5.74) is 1.16. The van der Waals surface area contributed by atoms with Crippen molar-refractivity contribution in [3.05, 3.63) is 59.3 Å². The van der Waals surface area contributed by atoms with Crippen LogP contribution >= 0.6 is 0 Å². The maximum atomic E-state index is 12.6. The van der Waals surface area contributed by atoms with E-state index in [-0.39, 0.29) is 23.9 Å². The predicted octanol–water partition coefficient (Wildman–Crippen LogP) is 2.65. The molecule has 27 heavy (non-hydrogen) atoms. The van der Waals surface area contributed by atoms with Gasteiger partial charge in [0.25, 0.3) is 11.8 Å². The van der Waals surface area contributed by atoms with Gasteiger partial charge in [-0.3, -0.25) is 9.59 Å². The van der Waals surface area contributed by atoms with Crippen LogP contribution in [0.1, 0.15) is 26.3 Å². The number of ether oxygens (including phenoxy) is 1. The summed E-state index contributed by atoms with van der Waals surface area (Å²) in [6.45, 7) is -1.34. The molecule has 2 aromatic rings. The van der Waals surface area contributed by atoms with Gasteiger partial charge in [0, 0.05) is 32.4 Å². The molecule has 0 fully saturated rings. The Morgan fingerprint density at radius 1 is 1.19 bits per heavy atom. The van der Waals surface area contributed by atoms with E-state index in [2.05, 4.69) is 15.0 Å². The van der Waals surface area contributed by atoms with Crippen LogP contribution in [0, 0.1) is 0 Å². The number of pyridine rings is 1. The molecular formula is C18H18F3N3O3. The summed E-state index contributed by atoms with van der Waals surface area (Å²) in [6.07, 6.45) is -3.28. The topological polar surface area (TPSA) is 71.5 Å². The van der Waals surface area contributed by atoms with Gasteiger partial charge in [-0.15, -0.1) is 0 Å². The molecule has 2 rings (SSSR count). The van der Waals surface area contributed by atoms with E-state index in [1.54, 1.807) is 24.3 Å². The van der Waals surface area contributed by atoms with E-state index in [1.807, 2.05) is 0 Å². The standard InChI is InChI=1S/C18H18F3N3O3/c1-22-15(25)13-7-5-12(6-8-13)10-24(2)17(26)14-4-3-9-23-16(14)27-11-18(19,20)21/h3-9H,10-11H2,1-2H3,(H,22,25). The number of carbonyl (C=O) groups is 2. The summed E-state index contributed by atoms with van der Waals surface area (Å²) in [6, 6.07) is 9.42. The Morgan fingerprint density at radius 2 is 1.85 bits per heavy atom. The molecule has 144 valence electrons. The second-order valence-electron chi connectivity index (χ2n) is 5.70. The third-order valence-electron chi connectivity index (χ3n) is 3.58. The summed E-state index contributed by atoms with van der Waals surface area (Å²) in [4.78, 5) is 29.2. The van der Waals surface area contributed by atoms with E-state index in [4.69, 9.17) is 0 Å². The molecule has 0 saturated carbocycles. The second-order valence-corrected chi connectivity index (χ2v) is 5.70. The minimum absolute atomic E-state index is 0.0637. The van der Waals surface area contributed by atoms with Crippen LogP contribution in [-0.4, -0.2) is 48.6 Å². The van der Waals surface area contributed by atoms with E-state index < -0.39 is 18.7 Å². The molecule has 1 heterocycles. The molecule has 2 amide bonds. The number of benzene rings is 1. The quantitative estimate of drug-likeness (QED) is 0.835. The van der Waals surface area contributed by atoms with E-state index in [1.165, 1.54) is 37.3 Å². The first kappa shape index (κ1) is 20.2. The van der Waals surface area contributed by atoms with Crippen molar-refractivity contribution in [2.24, 2.45) is 0 Å². The minimum Gasteiger partial charge on any atom is -0.467 e. The molecule has 1 N–H and O–H groups in total. The van der Waals surface area contributed by atoms with Gasteiger partial charge in [-0.2, -0.15) is 13.2 Å². The number of aromatic nitrogens is 1. The third-order valence-corrected chi connectivity index (χ3v) is 3.58. The first-order valence-electron chi connectivity index (χ1n) is 7.92. The van der Waals surface area contributed by atoms with Gasteiger partial charge in [0.15, 0.2) is 6.61 Å². The zero-order chi connectivity index (χ0) is 20.0. The average Bonchev–Trinajstić information content (AvgIpc) is 2.65. The van der Waals surface area contributed by atoms with Gasteiger partial charge >= 0.3 is 6.18 Å². The van der Waals surface area contributed by atoms with Gasteiger partial charge in [0.1, 0.15) is 5.56 Å². The highest BCUT2D eigenvalue weighted by atomic mass is 19.4. The maximum Gasteiger partial charge on any atom is 0.422 e. The smallest absolute Gasteiger partial charge is 0.422 e. The maximum absolute atomic E-state index is 12.6. The molecule has 0 atom stereocenters. The zero-order valence-electron chi connectivity index (χ0n) is 14.7. The number of nitrogens with one attached hydrogen (secondary N) is 1. The molecule has 1 aromatic heterocycles. The van der Waals surface area contributed by atoms with Gasteiger partial charge in [-0.05, 0) is 29.8 Å². The molecular weight excluding hydrogens is 363 g/mol. The number of amides is 2. The lowest BCUT2D eigenvalue weighted by molar-refractivity contribution is -0.154. The Kier molecular flexibility index (Phi) is 6.38. The number of hydrogen-bond acceptors (Lipinski definition) is 4. The van der Waals surface area contributed by atoms with E-state index >= 15 is 0 Å². The highest BCUT2D eigenvalue weighted by Gasteiger charge is 2.30. The molecule has 0 aliphatic rings. The third kappa shape index (κ3) is 5.70. The van der Waals surface area contributed by atoms with E-state index in [0.29, 0.717) is 5.56 Å². The summed E-state index contributed by atoms with van der Waals surface area (Å²) >= 11 is 0. The van der Waals surface area contributed by atoms with Crippen LogP contribution in [0.25, 0.3) is 0 Å². The normalized spacial score (nSPS) is 11.0. The highest BCUT2D eigenvalue weighted by molar-refractivity contribution is 5.96. The first-order chi connectivity index (χ1) is 12.7. The second kappa shape index (κ2) is 8.52. The molecule has 0 bridgehead atoms. The Balaban J connectivity index is 2.10. The van der Waals surface area contributed by atoms with E-state index in [0.717, 1.165) is 5.56 Å². The van der Waals surface area contributed by atoms with Crippen LogP contribution in [0.3, 0.4) is 0 Å². The highest BCUT2D eigenvalue weighted by Crippen LogP contribution is 2.21. The Labute approximate surface area is 154 Å². The monoisotopic (exact) mass is 381 g/mol. The molecule has 0 aliphatic carbocycles. The lowest BCUT2D eigenvalue weighted by atomic mass is 10.1. The van der Waals surface area contributed by atoms with Crippen molar-refractivity contribution in [3.63, 3.8) is 0 Å². The van der Waals surface area contributed by atoms with Crippen LogP contribution in [0.5, 0.6) is 5.88 Å². The van der Waals surface area contributed by atoms with Gasteiger partial charge in [-0.1, -0.05) is 12.1 Å². The van der Waals surface area contributed by atoms with Crippen molar-refractivity contribution in [3.8, 4) is 5.88 Å². The number of halogens is 3. The van der Waals surface area contributed by atoms with Crippen molar-refractivity contribution < 1.29 is 27.5 Å². The summed E-state index contributed by atoms with van der Waals surface area (Å²) in [5, 5.41) is 2.51. The molecule has 0 unspecified atom stereocenters. The summed E-state index contributed by atoms with van der Waals surface area (Å²) in [7, 11) is 3.03. The predicted molar refractivity (Wildman–Crippen MR) is 91.4 cm³/mol. The SMILES string of the molecule is CNC(=O)c1ccc(CN(C)C(=O)c2cccnc2OCC(F)(F)F)cc1. The van der Waals surface area contributed by atoms with Gasteiger partial charge in [-0.25, -0.2) is 4.98 Å². The summed E-state index contributed by atoms with van der Waals surface area (Å²) in [5.74, 6) is -1.13. The van der Waals surface area contributed by atoms with Crippen LogP contribution in [0.15, 0.2) is 42.6 Å². The number of carbonyl (C=O) groups excluding carboxylic acids is 2. The molecule has 0 spiro atoms. The lowest BCUT2D eigenvalue weighted by Crippen LogP contribution is -2.28. The molecule has 9 heteroatoms. The number of nitrogens with zero attached hydrogens (tertiary/aromatic N) is 2. The number of alkyl halides is 3. The molecule has 0 radical (unpaired) electrons. The van der Waals surface area contributed by atoms with Gasteiger partial charge in [0.2, 0.25) is 5.88 Å². The number of hydrogen-bond donors (Lipinski definition) is 1. The lowest BCUT2D eigenvalue weighted by Gasteiger charge is -2.19. The van der Waals surface area contributed by atoms with Gasteiger partial charge < -0.3 is 15.0 Å². The fraction of sp³-hybridized carbons (Fsp3) is 0.278. The summed E-state index contributed by atoms with van der Waals surface area (Å²) < 4.78 is 41.7. The van der Waals surface area contributed by atoms with Crippen LogP contribution in [-0.2, 0) is 6.54 Å². The van der Waals surface area contributed by atoms with Crippen molar-refractivity contribution >= 4 is 11.8 Å². The van der Waals surface area contributed by atoms with Crippen LogP contribution < -0.4 is 10.1 Å². The Morgan fingerprint density at radius 3 is 2.44 bits per heavy atom. The molecule has 0 aliphatic heterocycles. The van der Waals surface area contributed by atoms with E-state index in [9.17, 15) is 22.8 Å². The minimum atomic E-state index is -4.53.